The van der Waals surface area contributed by atoms with Gasteiger partial charge in [-0.05, 0) is 26.0 Å². The van der Waals surface area contributed by atoms with Gasteiger partial charge in [-0.3, -0.25) is 4.90 Å². The quantitative estimate of drug-likeness (QED) is 0.701. The van der Waals surface area contributed by atoms with Gasteiger partial charge in [0.1, 0.15) is 0 Å². The summed E-state index contributed by atoms with van der Waals surface area (Å²) in [5.74, 6) is 0. The molecule has 80 valence electrons. The standard InChI is InChI=1S/C11H20N2O/c1-3-13(8-9-14)11(2)6-4-10(12)5-7-11/h4-6,14H,3,7-9,12H2,1-2H3. The molecule has 0 aromatic rings. The molecule has 1 rings (SSSR count). The van der Waals surface area contributed by atoms with Crippen LogP contribution in [0, 0.1) is 0 Å². The highest BCUT2D eigenvalue weighted by Crippen LogP contribution is 2.25. The number of hydrogen-bond acceptors (Lipinski definition) is 3. The predicted octanol–water partition coefficient (Wildman–Crippen LogP) is 0.862. The molecule has 1 atom stereocenters. The molecule has 0 bridgehead atoms. The maximum atomic E-state index is 8.96. The first kappa shape index (κ1) is 11.3. The Balaban J connectivity index is 2.70. The summed E-state index contributed by atoms with van der Waals surface area (Å²) in [6.45, 7) is 6.14. The minimum absolute atomic E-state index is 0.0142. The second kappa shape index (κ2) is 4.62. The lowest BCUT2D eigenvalue weighted by Gasteiger charge is -2.39. The van der Waals surface area contributed by atoms with Gasteiger partial charge in [0, 0.05) is 17.8 Å². The Kier molecular flexibility index (Phi) is 3.72. The van der Waals surface area contributed by atoms with Crippen LogP contribution in [0.3, 0.4) is 0 Å². The van der Waals surface area contributed by atoms with Crippen molar-refractivity contribution >= 4 is 0 Å². The highest BCUT2D eigenvalue weighted by molar-refractivity contribution is 5.26. The number of β-amino-alcohol motifs (C(OH)–C–C–N with tert-alkyl or cyclic N) is 1. The summed E-state index contributed by atoms with van der Waals surface area (Å²) in [6, 6.07) is 0. The van der Waals surface area contributed by atoms with E-state index in [1.54, 1.807) is 0 Å². The minimum Gasteiger partial charge on any atom is -0.399 e. The Bertz CT molecular complexity index is 248. The van der Waals surface area contributed by atoms with E-state index >= 15 is 0 Å². The first-order chi connectivity index (χ1) is 6.62. The van der Waals surface area contributed by atoms with Gasteiger partial charge in [-0.2, -0.15) is 0 Å². The number of likely N-dealkylation sites (N-methyl/N-ethyl adjacent to an activating group) is 1. The van der Waals surface area contributed by atoms with E-state index in [0.29, 0.717) is 6.54 Å². The van der Waals surface area contributed by atoms with Crippen molar-refractivity contribution in [3.05, 3.63) is 23.9 Å². The Morgan fingerprint density at radius 1 is 1.64 bits per heavy atom. The Morgan fingerprint density at radius 2 is 2.36 bits per heavy atom. The van der Waals surface area contributed by atoms with Crippen LogP contribution in [-0.2, 0) is 0 Å². The molecule has 3 nitrogen and oxygen atoms in total. The highest BCUT2D eigenvalue weighted by Gasteiger charge is 2.28. The van der Waals surface area contributed by atoms with E-state index in [4.69, 9.17) is 10.8 Å². The van der Waals surface area contributed by atoms with Crippen LogP contribution in [-0.4, -0.2) is 35.2 Å². The predicted molar refractivity (Wildman–Crippen MR) is 58.8 cm³/mol. The molecule has 14 heavy (non-hydrogen) atoms. The summed E-state index contributed by atoms with van der Waals surface area (Å²) in [5.41, 5.74) is 6.53. The number of aliphatic hydroxyl groups excluding tert-OH is 1. The van der Waals surface area contributed by atoms with Gasteiger partial charge in [0.2, 0.25) is 0 Å². The zero-order valence-electron chi connectivity index (χ0n) is 9.03. The van der Waals surface area contributed by atoms with Gasteiger partial charge in [0.05, 0.1) is 6.61 Å². The van der Waals surface area contributed by atoms with Crippen LogP contribution < -0.4 is 5.73 Å². The average molecular weight is 196 g/mol. The summed E-state index contributed by atoms with van der Waals surface area (Å²) in [5, 5.41) is 8.96. The maximum absolute atomic E-state index is 8.96. The molecule has 0 fully saturated rings. The second-order valence-electron chi connectivity index (χ2n) is 3.90. The van der Waals surface area contributed by atoms with Gasteiger partial charge in [-0.1, -0.05) is 19.1 Å². The van der Waals surface area contributed by atoms with Gasteiger partial charge >= 0.3 is 0 Å². The molecule has 0 saturated heterocycles. The van der Waals surface area contributed by atoms with Crippen LogP contribution in [0.15, 0.2) is 23.9 Å². The molecule has 1 aliphatic rings. The number of hydrogen-bond donors (Lipinski definition) is 2. The Morgan fingerprint density at radius 3 is 2.79 bits per heavy atom. The summed E-state index contributed by atoms with van der Waals surface area (Å²) in [7, 11) is 0. The minimum atomic E-state index is 0.0142. The van der Waals surface area contributed by atoms with Crippen LogP contribution in [0.5, 0.6) is 0 Å². The normalized spacial score (nSPS) is 26.7. The first-order valence-corrected chi connectivity index (χ1v) is 5.13. The fourth-order valence-corrected chi connectivity index (χ4v) is 1.87. The van der Waals surface area contributed by atoms with E-state index in [-0.39, 0.29) is 12.1 Å². The number of rotatable bonds is 4. The Hall–Kier alpha value is -0.800. The van der Waals surface area contributed by atoms with Crippen LogP contribution in [0.2, 0.25) is 0 Å². The first-order valence-electron chi connectivity index (χ1n) is 5.13. The lowest BCUT2D eigenvalue weighted by atomic mass is 9.90. The van der Waals surface area contributed by atoms with Crippen molar-refractivity contribution < 1.29 is 5.11 Å². The zero-order chi connectivity index (χ0) is 10.6. The summed E-state index contributed by atoms with van der Waals surface area (Å²) < 4.78 is 0. The maximum Gasteiger partial charge on any atom is 0.0558 e. The third-order valence-corrected chi connectivity index (χ3v) is 2.86. The number of nitrogens with zero attached hydrogens (tertiary/aromatic N) is 1. The largest absolute Gasteiger partial charge is 0.399 e. The van der Waals surface area contributed by atoms with E-state index in [2.05, 4.69) is 24.8 Å². The smallest absolute Gasteiger partial charge is 0.0558 e. The van der Waals surface area contributed by atoms with Gasteiger partial charge < -0.3 is 10.8 Å². The zero-order valence-corrected chi connectivity index (χ0v) is 9.03. The van der Waals surface area contributed by atoms with Crippen molar-refractivity contribution in [3.8, 4) is 0 Å². The van der Waals surface area contributed by atoms with Crippen LogP contribution >= 0.6 is 0 Å². The van der Waals surface area contributed by atoms with Crippen LogP contribution in [0.4, 0.5) is 0 Å². The summed E-state index contributed by atoms with van der Waals surface area (Å²) >= 11 is 0. The van der Waals surface area contributed by atoms with E-state index < -0.39 is 0 Å². The molecule has 1 aliphatic carbocycles. The molecule has 0 aromatic heterocycles. The van der Waals surface area contributed by atoms with Crippen molar-refractivity contribution in [1.29, 1.82) is 0 Å². The molecule has 0 spiro atoms. The van der Waals surface area contributed by atoms with E-state index in [0.717, 1.165) is 18.7 Å². The van der Waals surface area contributed by atoms with Gasteiger partial charge in [0.25, 0.3) is 0 Å². The van der Waals surface area contributed by atoms with Crippen LogP contribution in [0.1, 0.15) is 20.3 Å². The molecule has 3 N–H and O–H groups in total. The topological polar surface area (TPSA) is 49.5 Å². The number of aliphatic hydroxyl groups is 1. The third kappa shape index (κ3) is 2.36. The number of allylic oxidation sites excluding steroid dienone is 1. The molecule has 1 unspecified atom stereocenters. The fraction of sp³-hybridized carbons (Fsp3) is 0.636. The molecule has 3 heteroatoms. The highest BCUT2D eigenvalue weighted by atomic mass is 16.3. The average Bonchev–Trinajstić information content (AvgIpc) is 2.19. The van der Waals surface area contributed by atoms with Gasteiger partial charge in [-0.15, -0.1) is 0 Å². The van der Waals surface area contributed by atoms with E-state index in [9.17, 15) is 0 Å². The summed E-state index contributed by atoms with van der Waals surface area (Å²) in [6.07, 6.45) is 7.04. The third-order valence-electron chi connectivity index (χ3n) is 2.86. The monoisotopic (exact) mass is 196 g/mol. The molecular weight excluding hydrogens is 176 g/mol. The van der Waals surface area contributed by atoms with Crippen molar-refractivity contribution in [2.75, 3.05) is 19.7 Å². The lowest BCUT2D eigenvalue weighted by Crippen LogP contribution is -2.46. The summed E-state index contributed by atoms with van der Waals surface area (Å²) in [4.78, 5) is 2.26. The van der Waals surface area contributed by atoms with Gasteiger partial charge in [-0.25, -0.2) is 0 Å². The molecule has 0 heterocycles. The second-order valence-corrected chi connectivity index (χ2v) is 3.90. The van der Waals surface area contributed by atoms with E-state index in [1.807, 2.05) is 12.2 Å². The lowest BCUT2D eigenvalue weighted by molar-refractivity contribution is 0.120. The Labute approximate surface area is 85.9 Å². The molecule has 0 saturated carbocycles. The molecule has 0 radical (unpaired) electrons. The SMILES string of the molecule is CCN(CCO)C1(C)C=CC(N)=CC1. The molecular formula is C11H20N2O. The fourth-order valence-electron chi connectivity index (χ4n) is 1.87. The van der Waals surface area contributed by atoms with Crippen molar-refractivity contribution in [2.45, 2.75) is 25.8 Å². The van der Waals surface area contributed by atoms with Crippen molar-refractivity contribution in [2.24, 2.45) is 5.73 Å². The number of nitrogens with two attached hydrogens (primary N) is 1. The van der Waals surface area contributed by atoms with Crippen molar-refractivity contribution in [1.82, 2.24) is 4.90 Å². The van der Waals surface area contributed by atoms with E-state index in [1.165, 1.54) is 0 Å². The van der Waals surface area contributed by atoms with Gasteiger partial charge in [0.15, 0.2) is 0 Å². The molecule has 0 aliphatic heterocycles. The molecule has 0 aromatic carbocycles. The molecule has 0 amide bonds. The van der Waals surface area contributed by atoms with Crippen molar-refractivity contribution in [3.63, 3.8) is 0 Å². The van der Waals surface area contributed by atoms with Crippen LogP contribution in [0.25, 0.3) is 0 Å².